The minimum absolute atomic E-state index is 0.181. The van der Waals surface area contributed by atoms with Gasteiger partial charge in [0.15, 0.2) is 0 Å². The summed E-state index contributed by atoms with van der Waals surface area (Å²) in [7, 11) is 0. The molecule has 0 saturated carbocycles. The zero-order valence-corrected chi connectivity index (χ0v) is 8.00. The normalized spacial score (nSPS) is 11.8. The second kappa shape index (κ2) is 3.47. The summed E-state index contributed by atoms with van der Waals surface area (Å²) in [6.45, 7) is 5.39. The number of aromatic hydroxyl groups is 1. The molecule has 0 saturated heterocycles. The molecule has 70 valence electrons. The fourth-order valence-electron chi connectivity index (χ4n) is 1.29. The van der Waals surface area contributed by atoms with Crippen LogP contribution < -0.4 is 0 Å². The number of nitrogens with zero attached hydrogens (tertiary/aromatic N) is 1. The highest BCUT2D eigenvalue weighted by Gasteiger charge is 2.08. The number of benzene rings is 1. The number of hydrogen-bond acceptors (Lipinski definition) is 3. The lowest BCUT2D eigenvalue weighted by atomic mass is 10.0. The van der Waals surface area contributed by atoms with Crippen molar-refractivity contribution in [3.8, 4) is 5.75 Å². The van der Waals surface area contributed by atoms with Crippen LogP contribution in [0.2, 0.25) is 0 Å². The maximum absolute atomic E-state index is 9.63. The number of hydrogen-bond donors (Lipinski definition) is 2. The van der Waals surface area contributed by atoms with Gasteiger partial charge in [0.25, 0.3) is 0 Å². The Morgan fingerprint density at radius 3 is 2.46 bits per heavy atom. The summed E-state index contributed by atoms with van der Waals surface area (Å²) in [5, 5.41) is 21.3. The third-order valence-electron chi connectivity index (χ3n) is 1.98. The molecule has 3 nitrogen and oxygen atoms in total. The lowest BCUT2D eigenvalue weighted by molar-refractivity contribution is 0.318. The summed E-state index contributed by atoms with van der Waals surface area (Å²) in [4.78, 5) is 0. The van der Waals surface area contributed by atoms with Gasteiger partial charge in [-0.3, -0.25) is 0 Å². The molecule has 1 rings (SSSR count). The quantitative estimate of drug-likeness (QED) is 0.394. The van der Waals surface area contributed by atoms with Crippen LogP contribution >= 0.6 is 0 Å². The van der Waals surface area contributed by atoms with Crippen LogP contribution in [0.3, 0.4) is 0 Å². The van der Waals surface area contributed by atoms with Crippen molar-refractivity contribution >= 4 is 5.71 Å². The molecule has 2 N–H and O–H groups in total. The molecule has 0 aliphatic rings. The topological polar surface area (TPSA) is 52.8 Å². The number of aryl methyl sites for hydroxylation is 2. The molecule has 0 aromatic heterocycles. The Labute approximate surface area is 77.3 Å². The van der Waals surface area contributed by atoms with E-state index in [-0.39, 0.29) is 5.75 Å². The molecule has 0 aliphatic heterocycles. The molecule has 0 aliphatic carbocycles. The number of phenolic OH excluding ortho intramolecular Hbond substituents is 1. The van der Waals surface area contributed by atoms with E-state index >= 15 is 0 Å². The summed E-state index contributed by atoms with van der Waals surface area (Å²) in [6.07, 6.45) is 0. The van der Waals surface area contributed by atoms with E-state index in [1.165, 1.54) is 0 Å². The largest absolute Gasteiger partial charge is 0.507 e. The fraction of sp³-hybridized carbons (Fsp3) is 0.300. The highest BCUT2D eigenvalue weighted by atomic mass is 16.4. The van der Waals surface area contributed by atoms with Crippen LogP contribution in [0.1, 0.15) is 23.6 Å². The summed E-state index contributed by atoms with van der Waals surface area (Å²) in [5.41, 5.74) is 2.83. The van der Waals surface area contributed by atoms with Gasteiger partial charge in [-0.25, -0.2) is 0 Å². The van der Waals surface area contributed by atoms with Gasteiger partial charge < -0.3 is 10.3 Å². The third-order valence-corrected chi connectivity index (χ3v) is 1.98. The SMILES string of the molecule is C/C(=N\O)c1cc(C)cc(C)c1O. The van der Waals surface area contributed by atoms with Crippen LogP contribution in [-0.4, -0.2) is 16.0 Å². The average molecular weight is 179 g/mol. The molecular formula is C10H13NO2. The first-order valence-corrected chi connectivity index (χ1v) is 4.05. The monoisotopic (exact) mass is 179 g/mol. The highest BCUT2D eigenvalue weighted by Crippen LogP contribution is 2.24. The van der Waals surface area contributed by atoms with Crippen molar-refractivity contribution in [2.45, 2.75) is 20.8 Å². The smallest absolute Gasteiger partial charge is 0.127 e. The molecule has 0 heterocycles. The van der Waals surface area contributed by atoms with E-state index in [1.807, 2.05) is 19.9 Å². The van der Waals surface area contributed by atoms with Gasteiger partial charge in [0.1, 0.15) is 5.75 Å². The van der Waals surface area contributed by atoms with Gasteiger partial charge in [-0.2, -0.15) is 0 Å². The van der Waals surface area contributed by atoms with E-state index in [0.717, 1.165) is 11.1 Å². The van der Waals surface area contributed by atoms with E-state index in [4.69, 9.17) is 5.21 Å². The Balaban J connectivity index is 3.37. The van der Waals surface area contributed by atoms with Crippen molar-refractivity contribution < 1.29 is 10.3 Å². The van der Waals surface area contributed by atoms with E-state index in [2.05, 4.69) is 5.16 Å². The van der Waals surface area contributed by atoms with E-state index in [9.17, 15) is 5.11 Å². The second-order valence-electron chi connectivity index (χ2n) is 3.16. The van der Waals surface area contributed by atoms with Crippen molar-refractivity contribution in [3.05, 3.63) is 28.8 Å². The molecule has 0 atom stereocenters. The molecular weight excluding hydrogens is 166 g/mol. The molecule has 0 spiro atoms. The summed E-state index contributed by atoms with van der Waals surface area (Å²) in [5.74, 6) is 0.181. The van der Waals surface area contributed by atoms with Crippen molar-refractivity contribution in [1.82, 2.24) is 0 Å². The number of phenols is 1. The first-order chi connectivity index (χ1) is 6.06. The number of rotatable bonds is 1. The van der Waals surface area contributed by atoms with Gasteiger partial charge in [0.05, 0.1) is 5.71 Å². The minimum Gasteiger partial charge on any atom is -0.507 e. The Morgan fingerprint density at radius 1 is 1.31 bits per heavy atom. The molecule has 1 aromatic rings. The Bertz CT molecular complexity index is 356. The van der Waals surface area contributed by atoms with Crippen LogP contribution in [0.25, 0.3) is 0 Å². The molecule has 1 aromatic carbocycles. The Hall–Kier alpha value is -1.51. The van der Waals surface area contributed by atoms with E-state index < -0.39 is 0 Å². The first-order valence-electron chi connectivity index (χ1n) is 4.05. The van der Waals surface area contributed by atoms with Gasteiger partial charge in [-0.15, -0.1) is 0 Å². The predicted octanol–water partition coefficient (Wildman–Crippen LogP) is 2.21. The predicted molar refractivity (Wildman–Crippen MR) is 51.6 cm³/mol. The number of oxime groups is 1. The van der Waals surface area contributed by atoms with Crippen molar-refractivity contribution in [1.29, 1.82) is 0 Å². The van der Waals surface area contributed by atoms with Crippen molar-refractivity contribution in [2.75, 3.05) is 0 Å². The first kappa shape index (κ1) is 9.58. The molecule has 0 bridgehead atoms. The highest BCUT2D eigenvalue weighted by molar-refractivity contribution is 6.01. The van der Waals surface area contributed by atoms with Gasteiger partial charge in [-0.1, -0.05) is 11.2 Å². The lowest BCUT2D eigenvalue weighted by Gasteiger charge is -2.07. The molecule has 13 heavy (non-hydrogen) atoms. The molecule has 0 fully saturated rings. The van der Waals surface area contributed by atoms with Gasteiger partial charge in [0, 0.05) is 5.56 Å². The maximum Gasteiger partial charge on any atom is 0.127 e. The Kier molecular flexibility index (Phi) is 2.56. The minimum atomic E-state index is 0.181. The van der Waals surface area contributed by atoms with Crippen LogP contribution in [-0.2, 0) is 0 Å². The summed E-state index contributed by atoms with van der Waals surface area (Å²) >= 11 is 0. The van der Waals surface area contributed by atoms with Crippen molar-refractivity contribution in [2.24, 2.45) is 5.16 Å². The zero-order valence-electron chi connectivity index (χ0n) is 8.00. The Morgan fingerprint density at radius 2 is 1.92 bits per heavy atom. The van der Waals surface area contributed by atoms with E-state index in [0.29, 0.717) is 11.3 Å². The van der Waals surface area contributed by atoms with Crippen LogP contribution in [0.15, 0.2) is 17.3 Å². The third kappa shape index (κ3) is 1.80. The molecule has 0 amide bonds. The van der Waals surface area contributed by atoms with Crippen molar-refractivity contribution in [3.63, 3.8) is 0 Å². The van der Waals surface area contributed by atoms with Gasteiger partial charge in [-0.05, 0) is 38.0 Å². The zero-order chi connectivity index (χ0) is 10.0. The summed E-state index contributed by atoms with van der Waals surface area (Å²) < 4.78 is 0. The van der Waals surface area contributed by atoms with Gasteiger partial charge >= 0.3 is 0 Å². The van der Waals surface area contributed by atoms with Gasteiger partial charge in [0.2, 0.25) is 0 Å². The van der Waals surface area contributed by atoms with E-state index in [1.54, 1.807) is 13.0 Å². The molecule has 0 unspecified atom stereocenters. The fourth-order valence-corrected chi connectivity index (χ4v) is 1.29. The average Bonchev–Trinajstić information content (AvgIpc) is 2.10. The standard InChI is InChI=1S/C10H13NO2/c1-6-4-7(2)10(12)9(5-6)8(3)11-13/h4-5,12-13H,1-3H3/b11-8+. The van der Waals surface area contributed by atoms with Crippen LogP contribution in [0.5, 0.6) is 5.75 Å². The summed E-state index contributed by atoms with van der Waals surface area (Å²) in [6, 6.07) is 3.67. The maximum atomic E-state index is 9.63. The molecule has 0 radical (unpaired) electrons. The second-order valence-corrected chi connectivity index (χ2v) is 3.16. The van der Waals surface area contributed by atoms with Crippen LogP contribution in [0, 0.1) is 13.8 Å². The molecule has 3 heteroatoms. The van der Waals surface area contributed by atoms with Crippen LogP contribution in [0.4, 0.5) is 0 Å². The lowest BCUT2D eigenvalue weighted by Crippen LogP contribution is -1.97.